The number of carbonyl (C=O) groups excluding carboxylic acids is 1. The van der Waals surface area contributed by atoms with Gasteiger partial charge < -0.3 is 4.84 Å². The molecule has 0 spiro atoms. The van der Waals surface area contributed by atoms with Crippen molar-refractivity contribution in [2.75, 3.05) is 0 Å². The van der Waals surface area contributed by atoms with Gasteiger partial charge in [-0.25, -0.2) is 14.5 Å². The summed E-state index contributed by atoms with van der Waals surface area (Å²) in [5, 5.41) is 10.5. The summed E-state index contributed by atoms with van der Waals surface area (Å²) in [6, 6.07) is 14.1. The largest absolute Gasteiger partial charge is 0.340 e. The van der Waals surface area contributed by atoms with Crippen LogP contribution in [-0.2, 0) is 16.2 Å². The van der Waals surface area contributed by atoms with E-state index in [1.807, 2.05) is 42.5 Å². The summed E-state index contributed by atoms with van der Waals surface area (Å²) in [5.74, 6) is -0.385. The van der Waals surface area contributed by atoms with Crippen LogP contribution >= 0.6 is 0 Å². The Bertz CT molecular complexity index is 909. The van der Waals surface area contributed by atoms with Crippen LogP contribution in [0.3, 0.4) is 0 Å². The average molecular weight is 336 g/mol. The van der Waals surface area contributed by atoms with Crippen LogP contribution in [-0.4, -0.2) is 26.4 Å². The summed E-state index contributed by atoms with van der Waals surface area (Å²) in [4.78, 5) is 21.2. The third kappa shape index (κ3) is 4.09. The summed E-state index contributed by atoms with van der Waals surface area (Å²) >= 11 is 0. The molecule has 0 aliphatic rings. The molecular formula is C19H20N4O2. The lowest BCUT2D eigenvalue weighted by Gasteiger charge is -2.14. The second-order valence-electron chi connectivity index (χ2n) is 6.82. The van der Waals surface area contributed by atoms with Crippen molar-refractivity contribution in [2.45, 2.75) is 27.3 Å². The fourth-order valence-corrected chi connectivity index (χ4v) is 2.24. The lowest BCUT2D eigenvalue weighted by molar-refractivity contribution is -0.152. The van der Waals surface area contributed by atoms with Gasteiger partial charge in [-0.05, 0) is 37.6 Å². The highest BCUT2D eigenvalue weighted by molar-refractivity contribution is 6.03. The molecule has 1 heterocycles. The molecule has 0 aliphatic heterocycles. The maximum atomic E-state index is 12.1. The molecule has 0 saturated carbocycles. The van der Waals surface area contributed by atoms with E-state index < -0.39 is 5.41 Å². The molecule has 0 amide bonds. The Morgan fingerprint density at radius 2 is 1.92 bits per heavy atom. The minimum absolute atomic E-state index is 0.357. The highest BCUT2D eigenvalue weighted by Crippen LogP contribution is 2.18. The topological polar surface area (TPSA) is 69.4 Å². The summed E-state index contributed by atoms with van der Waals surface area (Å²) < 4.78 is 1.64. The molecule has 0 atom stereocenters. The molecule has 25 heavy (non-hydrogen) atoms. The molecule has 2 aromatic carbocycles. The van der Waals surface area contributed by atoms with Crippen molar-refractivity contribution >= 4 is 22.5 Å². The maximum absolute atomic E-state index is 12.1. The standard InChI is InChI=1S/C19H20N4O2/c1-19(2,3)18(24)25-22-17(11-23-13-20-12-21-23)16-9-8-14-6-4-5-7-15(14)10-16/h4-10,12-13H,11H2,1-3H3/b22-17+. The average Bonchev–Trinajstić information content (AvgIpc) is 3.10. The van der Waals surface area contributed by atoms with Crippen LogP contribution in [0.4, 0.5) is 0 Å². The summed E-state index contributed by atoms with van der Waals surface area (Å²) in [6.07, 6.45) is 3.06. The second kappa shape index (κ2) is 6.84. The minimum atomic E-state index is -0.620. The van der Waals surface area contributed by atoms with Crippen molar-refractivity contribution < 1.29 is 9.63 Å². The molecule has 0 bridgehead atoms. The van der Waals surface area contributed by atoms with Gasteiger partial charge in [0.2, 0.25) is 0 Å². The first-order chi connectivity index (χ1) is 11.9. The van der Waals surface area contributed by atoms with Crippen molar-refractivity contribution in [3.8, 4) is 0 Å². The van der Waals surface area contributed by atoms with Gasteiger partial charge in [0.15, 0.2) is 0 Å². The highest BCUT2D eigenvalue weighted by atomic mass is 16.7. The predicted octanol–water partition coefficient (Wildman–Crippen LogP) is 3.42. The molecule has 6 heteroatoms. The zero-order chi connectivity index (χ0) is 17.9. The number of carbonyl (C=O) groups is 1. The number of fused-ring (bicyclic) bond motifs is 1. The van der Waals surface area contributed by atoms with Crippen LogP contribution < -0.4 is 0 Å². The first-order valence-electron chi connectivity index (χ1n) is 8.03. The number of nitrogens with zero attached hydrogens (tertiary/aromatic N) is 4. The van der Waals surface area contributed by atoms with Crippen LogP contribution in [0.1, 0.15) is 26.3 Å². The normalized spacial score (nSPS) is 12.4. The van der Waals surface area contributed by atoms with Gasteiger partial charge in [0.05, 0.1) is 12.0 Å². The van der Waals surface area contributed by atoms with E-state index >= 15 is 0 Å². The second-order valence-corrected chi connectivity index (χ2v) is 6.82. The zero-order valence-electron chi connectivity index (χ0n) is 14.5. The predicted molar refractivity (Wildman–Crippen MR) is 96.1 cm³/mol. The van der Waals surface area contributed by atoms with E-state index in [0.29, 0.717) is 12.3 Å². The van der Waals surface area contributed by atoms with Crippen LogP contribution in [0.15, 0.2) is 60.3 Å². The minimum Gasteiger partial charge on any atom is -0.317 e. The Balaban J connectivity index is 1.95. The van der Waals surface area contributed by atoms with E-state index in [-0.39, 0.29) is 5.97 Å². The zero-order valence-corrected chi connectivity index (χ0v) is 14.5. The summed E-state index contributed by atoms with van der Waals surface area (Å²) in [6.45, 7) is 5.73. The number of benzene rings is 2. The van der Waals surface area contributed by atoms with E-state index in [0.717, 1.165) is 16.3 Å². The van der Waals surface area contributed by atoms with Crippen molar-refractivity contribution in [2.24, 2.45) is 10.6 Å². The molecule has 3 aromatic rings. The van der Waals surface area contributed by atoms with Crippen molar-refractivity contribution in [1.29, 1.82) is 0 Å². The van der Waals surface area contributed by atoms with E-state index in [9.17, 15) is 4.79 Å². The first kappa shape index (κ1) is 16.8. The smallest absolute Gasteiger partial charge is 0.317 e. The van der Waals surface area contributed by atoms with Crippen molar-refractivity contribution in [1.82, 2.24) is 14.8 Å². The lowest BCUT2D eigenvalue weighted by atomic mass is 9.98. The van der Waals surface area contributed by atoms with Gasteiger partial charge in [-0.15, -0.1) is 0 Å². The van der Waals surface area contributed by atoms with Gasteiger partial charge >= 0.3 is 5.97 Å². The maximum Gasteiger partial charge on any atom is 0.340 e. The Morgan fingerprint density at radius 1 is 1.16 bits per heavy atom. The fraction of sp³-hybridized carbons (Fsp3) is 0.263. The molecule has 0 saturated heterocycles. The van der Waals surface area contributed by atoms with Crippen LogP contribution in [0.2, 0.25) is 0 Å². The van der Waals surface area contributed by atoms with Gasteiger partial charge in [-0.1, -0.05) is 41.6 Å². The lowest BCUT2D eigenvalue weighted by Crippen LogP contribution is -2.22. The molecule has 0 aliphatic carbocycles. The van der Waals surface area contributed by atoms with E-state index in [1.165, 1.54) is 6.33 Å². The molecule has 1 aromatic heterocycles. The van der Waals surface area contributed by atoms with E-state index in [2.05, 4.69) is 15.2 Å². The van der Waals surface area contributed by atoms with Crippen LogP contribution in [0, 0.1) is 5.41 Å². The quantitative estimate of drug-likeness (QED) is 0.416. The van der Waals surface area contributed by atoms with Crippen molar-refractivity contribution in [3.05, 3.63) is 60.7 Å². The number of aromatic nitrogens is 3. The highest BCUT2D eigenvalue weighted by Gasteiger charge is 2.24. The van der Waals surface area contributed by atoms with Gasteiger partial charge in [0.25, 0.3) is 0 Å². The third-order valence-corrected chi connectivity index (χ3v) is 3.71. The van der Waals surface area contributed by atoms with Gasteiger partial charge in [0.1, 0.15) is 18.4 Å². The summed E-state index contributed by atoms with van der Waals surface area (Å²) in [7, 11) is 0. The molecular weight excluding hydrogens is 316 g/mol. The molecule has 0 radical (unpaired) electrons. The summed E-state index contributed by atoms with van der Waals surface area (Å²) in [5.41, 5.74) is 0.857. The molecule has 0 unspecified atom stereocenters. The first-order valence-corrected chi connectivity index (χ1v) is 8.03. The monoisotopic (exact) mass is 336 g/mol. The Morgan fingerprint density at radius 3 is 2.60 bits per heavy atom. The van der Waals surface area contributed by atoms with Gasteiger partial charge in [0, 0.05) is 5.56 Å². The number of hydrogen-bond acceptors (Lipinski definition) is 5. The molecule has 0 fully saturated rings. The van der Waals surface area contributed by atoms with Crippen LogP contribution in [0.25, 0.3) is 10.8 Å². The third-order valence-electron chi connectivity index (χ3n) is 3.71. The Kier molecular flexibility index (Phi) is 4.61. The van der Waals surface area contributed by atoms with E-state index in [4.69, 9.17) is 4.84 Å². The van der Waals surface area contributed by atoms with Gasteiger partial charge in [-0.3, -0.25) is 0 Å². The number of oxime groups is 1. The number of hydrogen-bond donors (Lipinski definition) is 0. The molecule has 6 nitrogen and oxygen atoms in total. The van der Waals surface area contributed by atoms with Gasteiger partial charge in [-0.2, -0.15) is 5.10 Å². The Labute approximate surface area is 146 Å². The molecule has 0 N–H and O–H groups in total. The van der Waals surface area contributed by atoms with Crippen LogP contribution in [0.5, 0.6) is 0 Å². The Hall–Kier alpha value is -3.02. The molecule has 128 valence electrons. The van der Waals surface area contributed by atoms with Crippen molar-refractivity contribution in [3.63, 3.8) is 0 Å². The number of rotatable bonds is 4. The fourth-order valence-electron chi connectivity index (χ4n) is 2.24. The SMILES string of the molecule is CC(C)(C)C(=O)O/N=C(\Cn1cncn1)c1ccc2ccccc2c1. The molecule has 3 rings (SSSR count). The van der Waals surface area contributed by atoms with E-state index in [1.54, 1.807) is 31.8 Å².